The van der Waals surface area contributed by atoms with E-state index in [1.807, 2.05) is 24.3 Å². The predicted molar refractivity (Wildman–Crippen MR) is 135 cm³/mol. The van der Waals surface area contributed by atoms with E-state index in [4.69, 9.17) is 4.74 Å². The molecule has 0 unspecified atom stereocenters. The molecule has 3 N–H and O–H groups in total. The number of ether oxygens (including phenoxy) is 1. The molecule has 0 aromatic heterocycles. The van der Waals surface area contributed by atoms with E-state index in [1.54, 1.807) is 12.1 Å². The second-order valence-corrected chi connectivity index (χ2v) is 9.69. The molecule has 35 heavy (non-hydrogen) atoms. The van der Waals surface area contributed by atoms with Gasteiger partial charge >= 0.3 is 12.1 Å². The van der Waals surface area contributed by atoms with E-state index in [1.165, 1.54) is 6.07 Å². The maximum atomic E-state index is 12.6. The van der Waals surface area contributed by atoms with Crippen LogP contribution in [0.5, 0.6) is 0 Å². The van der Waals surface area contributed by atoms with Crippen molar-refractivity contribution in [2.24, 2.45) is 0 Å². The van der Waals surface area contributed by atoms with Gasteiger partial charge in [-0.1, -0.05) is 48.5 Å². The lowest BCUT2D eigenvalue weighted by Gasteiger charge is -2.38. The zero-order valence-corrected chi connectivity index (χ0v) is 20.3. The van der Waals surface area contributed by atoms with E-state index >= 15 is 0 Å². The number of carbonyl (C=O) groups is 3. The summed E-state index contributed by atoms with van der Waals surface area (Å²) in [6.45, 7) is 0.190. The number of halogens is 1. The molecule has 0 atom stereocenters. The van der Waals surface area contributed by atoms with Crippen molar-refractivity contribution in [1.29, 1.82) is 0 Å². The number of aliphatic carboxylic acids is 1. The first-order chi connectivity index (χ1) is 16.9. The fourth-order valence-electron chi connectivity index (χ4n) is 4.71. The molecule has 0 bridgehead atoms. The minimum absolute atomic E-state index is 0.0456. The van der Waals surface area contributed by atoms with Crippen molar-refractivity contribution in [2.45, 2.75) is 30.7 Å². The first-order valence-electron chi connectivity index (χ1n) is 11.4. The van der Waals surface area contributed by atoms with Crippen molar-refractivity contribution in [3.05, 3.63) is 87.9 Å². The highest BCUT2D eigenvalue weighted by atomic mass is 79.9. The lowest BCUT2D eigenvalue weighted by atomic mass is 9.76. The summed E-state index contributed by atoms with van der Waals surface area (Å²) in [7, 11) is 0. The summed E-state index contributed by atoms with van der Waals surface area (Å²) in [5.41, 5.74) is 4.10. The Labute approximate surface area is 210 Å². The molecule has 8 heteroatoms. The van der Waals surface area contributed by atoms with Crippen LogP contribution >= 0.6 is 15.9 Å². The number of fused-ring (bicyclic) bond motifs is 3. The molecule has 3 aromatic carbocycles. The van der Waals surface area contributed by atoms with Gasteiger partial charge in [-0.2, -0.15) is 0 Å². The molecule has 1 fully saturated rings. The molecule has 2 aliphatic rings. The molecule has 3 aromatic rings. The monoisotopic (exact) mass is 534 g/mol. The molecule has 0 radical (unpaired) electrons. The average Bonchev–Trinajstić information content (AvgIpc) is 3.14. The third kappa shape index (κ3) is 4.30. The first-order valence-corrected chi connectivity index (χ1v) is 12.1. The Morgan fingerprint density at radius 3 is 2.14 bits per heavy atom. The van der Waals surface area contributed by atoms with E-state index < -0.39 is 23.5 Å². The molecule has 2 amide bonds. The van der Waals surface area contributed by atoms with Crippen LogP contribution in [0.15, 0.2) is 71.2 Å². The Hall–Kier alpha value is -3.65. The minimum Gasteiger partial charge on any atom is -0.480 e. The number of anilines is 1. The van der Waals surface area contributed by atoms with Crippen LogP contribution in [0.1, 0.15) is 46.7 Å². The zero-order chi connectivity index (χ0) is 24.6. The molecule has 0 spiro atoms. The van der Waals surface area contributed by atoms with Crippen LogP contribution in [-0.2, 0) is 9.53 Å². The number of carbonyl (C=O) groups excluding carboxylic acids is 2. The van der Waals surface area contributed by atoms with Crippen LogP contribution in [0, 0.1) is 0 Å². The highest BCUT2D eigenvalue weighted by molar-refractivity contribution is 9.10. The van der Waals surface area contributed by atoms with Gasteiger partial charge in [0, 0.05) is 16.0 Å². The smallest absolute Gasteiger partial charge is 0.411 e. The van der Waals surface area contributed by atoms with Gasteiger partial charge in [0.15, 0.2) is 0 Å². The third-order valence-corrected chi connectivity index (χ3v) is 7.44. The van der Waals surface area contributed by atoms with Gasteiger partial charge in [-0.05, 0) is 75.6 Å². The maximum Gasteiger partial charge on any atom is 0.411 e. The SMILES string of the molecule is O=C(Nc1ccc(C(=O)NC2(C(=O)O)CCC2)cc1Br)OCC1c2ccccc2-c2ccccc21. The molecule has 0 heterocycles. The van der Waals surface area contributed by atoms with E-state index in [2.05, 4.69) is 50.8 Å². The number of carboxylic acid groups (broad SMARTS) is 1. The van der Waals surface area contributed by atoms with Gasteiger partial charge in [0.25, 0.3) is 5.91 Å². The summed E-state index contributed by atoms with van der Waals surface area (Å²) in [4.78, 5) is 36.7. The van der Waals surface area contributed by atoms with Crippen LogP contribution in [-0.4, -0.2) is 35.2 Å². The van der Waals surface area contributed by atoms with Gasteiger partial charge in [0.05, 0.1) is 5.69 Å². The van der Waals surface area contributed by atoms with Gasteiger partial charge in [0.1, 0.15) is 12.1 Å². The van der Waals surface area contributed by atoms with Crippen LogP contribution in [0.3, 0.4) is 0 Å². The van der Waals surface area contributed by atoms with Crippen LogP contribution in [0.4, 0.5) is 10.5 Å². The van der Waals surface area contributed by atoms with E-state index in [0.29, 0.717) is 28.6 Å². The molecule has 0 aliphatic heterocycles. The number of nitrogens with one attached hydrogen (secondary N) is 2. The number of amides is 2. The summed E-state index contributed by atoms with van der Waals surface area (Å²) in [6.07, 6.45) is 0.983. The average molecular weight is 535 g/mol. The van der Waals surface area contributed by atoms with Crippen LogP contribution in [0.25, 0.3) is 11.1 Å². The molecule has 0 saturated heterocycles. The summed E-state index contributed by atoms with van der Waals surface area (Å²) >= 11 is 3.38. The molecule has 178 valence electrons. The standard InChI is InChI=1S/C27H23BrN2O5/c28-22-14-16(24(31)30-27(25(32)33)12-5-13-27)10-11-23(22)29-26(34)35-15-21-19-8-3-1-6-17(19)18-7-2-4-9-20(18)21/h1-4,6-11,14,21H,5,12-13,15H2,(H,29,34)(H,30,31)(H,32,33). The Morgan fingerprint density at radius 1 is 0.971 bits per heavy atom. The Morgan fingerprint density at radius 2 is 1.60 bits per heavy atom. The first kappa shape index (κ1) is 23.1. The predicted octanol–water partition coefficient (Wildman–Crippen LogP) is 5.55. The summed E-state index contributed by atoms with van der Waals surface area (Å²) in [6, 6.07) is 20.9. The highest BCUT2D eigenvalue weighted by Gasteiger charge is 2.45. The fourth-order valence-corrected chi connectivity index (χ4v) is 5.19. The molecule has 5 rings (SSSR count). The van der Waals surface area contributed by atoms with E-state index in [-0.39, 0.29) is 12.5 Å². The molecule has 1 saturated carbocycles. The molecular formula is C27H23BrN2O5. The van der Waals surface area contributed by atoms with Crippen molar-refractivity contribution in [3.8, 4) is 11.1 Å². The number of hydrogen-bond donors (Lipinski definition) is 3. The third-order valence-electron chi connectivity index (χ3n) is 6.78. The Kier molecular flexibility index (Phi) is 6.06. The van der Waals surface area contributed by atoms with Gasteiger partial charge < -0.3 is 15.2 Å². The maximum absolute atomic E-state index is 12.6. The minimum atomic E-state index is -1.19. The van der Waals surface area contributed by atoms with Crippen LogP contribution in [0.2, 0.25) is 0 Å². The number of carboxylic acids is 1. The van der Waals surface area contributed by atoms with Gasteiger partial charge in [-0.25, -0.2) is 9.59 Å². The normalized spacial score (nSPS) is 15.3. The van der Waals surface area contributed by atoms with Gasteiger partial charge in [-0.15, -0.1) is 0 Å². The lowest BCUT2D eigenvalue weighted by molar-refractivity contribution is -0.148. The van der Waals surface area contributed by atoms with Gasteiger partial charge in [-0.3, -0.25) is 10.1 Å². The number of hydrogen-bond acceptors (Lipinski definition) is 4. The van der Waals surface area contributed by atoms with Crippen molar-refractivity contribution in [2.75, 3.05) is 11.9 Å². The highest BCUT2D eigenvalue weighted by Crippen LogP contribution is 2.44. The molecular weight excluding hydrogens is 512 g/mol. The summed E-state index contributed by atoms with van der Waals surface area (Å²) in [5.74, 6) is -1.54. The van der Waals surface area contributed by atoms with Crippen molar-refractivity contribution in [3.63, 3.8) is 0 Å². The second kappa shape index (κ2) is 9.19. The lowest BCUT2D eigenvalue weighted by Crippen LogP contribution is -2.59. The van der Waals surface area contributed by atoms with Crippen molar-refractivity contribution < 1.29 is 24.2 Å². The Balaban J connectivity index is 1.23. The number of rotatable bonds is 6. The Bertz CT molecular complexity index is 1290. The zero-order valence-electron chi connectivity index (χ0n) is 18.7. The quantitative estimate of drug-likeness (QED) is 0.384. The van der Waals surface area contributed by atoms with Crippen molar-refractivity contribution >= 4 is 39.6 Å². The van der Waals surface area contributed by atoms with Crippen LogP contribution < -0.4 is 10.6 Å². The van der Waals surface area contributed by atoms with E-state index in [0.717, 1.165) is 28.7 Å². The summed E-state index contributed by atoms with van der Waals surface area (Å²) < 4.78 is 6.06. The molecule has 2 aliphatic carbocycles. The number of benzene rings is 3. The van der Waals surface area contributed by atoms with Crippen molar-refractivity contribution in [1.82, 2.24) is 5.32 Å². The van der Waals surface area contributed by atoms with E-state index in [9.17, 15) is 19.5 Å². The summed E-state index contributed by atoms with van der Waals surface area (Å²) in [5, 5.41) is 14.8. The molecule has 7 nitrogen and oxygen atoms in total. The fraction of sp³-hybridized carbons (Fsp3) is 0.222. The topological polar surface area (TPSA) is 105 Å². The second-order valence-electron chi connectivity index (χ2n) is 8.84. The van der Waals surface area contributed by atoms with Gasteiger partial charge in [0.2, 0.25) is 0 Å². The largest absolute Gasteiger partial charge is 0.480 e.